The van der Waals surface area contributed by atoms with Crippen LogP contribution in [0.25, 0.3) is 0 Å². The molecule has 13 heteroatoms. The van der Waals surface area contributed by atoms with Crippen LogP contribution in [0.1, 0.15) is 16.1 Å². The molecule has 1 fully saturated rings. The molecule has 184 valence electrons. The van der Waals surface area contributed by atoms with Gasteiger partial charge >= 0.3 is 0 Å². The average Bonchev–Trinajstić information content (AvgIpc) is 3.49. The minimum atomic E-state index is -0.657. The Hall–Kier alpha value is -4.00. The van der Waals surface area contributed by atoms with Crippen molar-refractivity contribution in [3.05, 3.63) is 47.7 Å². The zero-order chi connectivity index (χ0) is 24.4. The summed E-state index contributed by atoms with van der Waals surface area (Å²) in [5, 5.41) is 11.3. The predicted molar refractivity (Wildman–Crippen MR) is 119 cm³/mol. The second kappa shape index (κ2) is 9.70. The van der Waals surface area contributed by atoms with Crippen LogP contribution in [-0.2, 0) is 17.9 Å². The smallest absolute Gasteiger partial charge is 0.255 e. The summed E-state index contributed by atoms with van der Waals surface area (Å²) in [4.78, 5) is 23.2. The maximum Gasteiger partial charge on any atom is 0.255 e. The van der Waals surface area contributed by atoms with Crippen LogP contribution in [0, 0.1) is 5.82 Å². The van der Waals surface area contributed by atoms with Crippen LogP contribution in [0.4, 0.5) is 10.3 Å². The van der Waals surface area contributed by atoms with Crippen molar-refractivity contribution < 1.29 is 28.1 Å². The molecule has 35 heavy (non-hydrogen) atoms. The number of rotatable bonds is 3. The highest BCUT2D eigenvalue weighted by Crippen LogP contribution is 2.29. The van der Waals surface area contributed by atoms with E-state index in [0.717, 1.165) is 6.20 Å². The van der Waals surface area contributed by atoms with Gasteiger partial charge in [0.2, 0.25) is 11.8 Å². The van der Waals surface area contributed by atoms with Gasteiger partial charge in [-0.05, 0) is 18.2 Å². The molecule has 2 aliphatic heterocycles. The highest BCUT2D eigenvalue weighted by molar-refractivity contribution is 5.95. The molecule has 1 amide bonds. The first kappa shape index (κ1) is 22.8. The zero-order valence-corrected chi connectivity index (χ0v) is 19.2. The van der Waals surface area contributed by atoms with Crippen LogP contribution >= 0.6 is 0 Å². The Morgan fingerprint density at radius 1 is 1.23 bits per heavy atom. The Morgan fingerprint density at radius 2 is 2.11 bits per heavy atom. The number of methoxy groups -OCH3 is 2. The lowest BCUT2D eigenvalue weighted by atomic mass is 10.1. The fourth-order valence-electron chi connectivity index (χ4n) is 4.02. The number of fused-ring (bicyclic) bond motifs is 5. The summed E-state index contributed by atoms with van der Waals surface area (Å²) in [6.07, 6.45) is 2.42. The Kier molecular flexibility index (Phi) is 6.31. The SMILES string of the molecule is COc1ccc2cc1OCCn1cc(nn1)CO[C@H]1CN(c3ncc(F)c(OC)n3)C[C@@H]1NC2=O. The van der Waals surface area contributed by atoms with Crippen molar-refractivity contribution in [2.75, 3.05) is 38.8 Å². The van der Waals surface area contributed by atoms with E-state index in [-0.39, 0.29) is 24.3 Å². The summed E-state index contributed by atoms with van der Waals surface area (Å²) >= 11 is 0. The van der Waals surface area contributed by atoms with E-state index in [1.54, 1.807) is 34.0 Å². The number of hydrogen-bond acceptors (Lipinski definition) is 10. The molecular weight excluding hydrogens is 461 g/mol. The summed E-state index contributed by atoms with van der Waals surface area (Å²) in [7, 11) is 2.87. The van der Waals surface area contributed by atoms with Crippen molar-refractivity contribution in [2.45, 2.75) is 25.3 Å². The number of amides is 1. The summed E-state index contributed by atoms with van der Waals surface area (Å²) in [6, 6.07) is 4.58. The van der Waals surface area contributed by atoms with Crippen molar-refractivity contribution >= 4 is 11.9 Å². The number of carbonyl (C=O) groups excluding carboxylic acids is 1. The molecule has 0 radical (unpaired) electrons. The van der Waals surface area contributed by atoms with Gasteiger partial charge in [-0.3, -0.25) is 4.79 Å². The second-order valence-corrected chi connectivity index (χ2v) is 8.05. The minimum absolute atomic E-state index is 0.156. The van der Waals surface area contributed by atoms with Gasteiger partial charge < -0.3 is 29.2 Å². The Labute approximate surface area is 200 Å². The third-order valence-electron chi connectivity index (χ3n) is 5.79. The van der Waals surface area contributed by atoms with Gasteiger partial charge in [0.05, 0.1) is 51.9 Å². The topological polar surface area (TPSA) is 126 Å². The lowest BCUT2D eigenvalue weighted by Gasteiger charge is -2.20. The molecule has 4 bridgehead atoms. The van der Waals surface area contributed by atoms with Crippen molar-refractivity contribution in [3.63, 3.8) is 0 Å². The number of anilines is 1. The van der Waals surface area contributed by atoms with Gasteiger partial charge in [-0.15, -0.1) is 5.10 Å². The van der Waals surface area contributed by atoms with E-state index in [2.05, 4.69) is 25.6 Å². The normalized spacial score (nSPS) is 20.2. The number of ether oxygens (including phenoxy) is 4. The van der Waals surface area contributed by atoms with Crippen molar-refractivity contribution in [2.24, 2.45) is 0 Å². The summed E-state index contributed by atoms with van der Waals surface area (Å²) in [5.74, 6) is 0.124. The van der Waals surface area contributed by atoms with Gasteiger partial charge in [0.1, 0.15) is 12.3 Å². The molecule has 1 N–H and O–H groups in total. The molecule has 2 aliphatic rings. The van der Waals surface area contributed by atoms with E-state index >= 15 is 0 Å². The standard InChI is InChI=1S/C22H24FN7O5/c1-32-17-4-3-13-7-18(17)34-6-5-30-9-14(27-28-30)12-35-19-11-29(10-16(19)25-20(13)31)22-24-8-15(23)21(26-22)33-2/h3-4,7-9,16,19H,5-6,10-12H2,1-2H3,(H,25,31)/t16-,19-/m0/s1. The fraction of sp³-hybridized carbons (Fsp3) is 0.409. The van der Waals surface area contributed by atoms with Crippen LogP contribution in [0.2, 0.25) is 0 Å². The van der Waals surface area contributed by atoms with Gasteiger partial charge in [0, 0.05) is 18.7 Å². The number of nitrogens with one attached hydrogen (secondary N) is 1. The number of nitrogens with zero attached hydrogens (tertiary/aromatic N) is 6. The molecule has 0 unspecified atom stereocenters. The third-order valence-corrected chi connectivity index (χ3v) is 5.79. The number of halogens is 1. The number of benzene rings is 1. The molecule has 2 atom stereocenters. The van der Waals surface area contributed by atoms with Crippen molar-refractivity contribution in [3.8, 4) is 17.4 Å². The maximum absolute atomic E-state index is 13.8. The first-order chi connectivity index (χ1) is 17.0. The van der Waals surface area contributed by atoms with E-state index in [9.17, 15) is 9.18 Å². The van der Waals surface area contributed by atoms with Crippen molar-refractivity contribution in [1.29, 1.82) is 0 Å². The van der Waals surface area contributed by atoms with Gasteiger partial charge in [-0.25, -0.2) is 9.67 Å². The van der Waals surface area contributed by atoms with Crippen LogP contribution < -0.4 is 24.4 Å². The first-order valence-corrected chi connectivity index (χ1v) is 11.0. The molecule has 5 rings (SSSR count). The molecule has 12 nitrogen and oxygen atoms in total. The van der Waals surface area contributed by atoms with Gasteiger partial charge in [0.25, 0.3) is 11.8 Å². The Morgan fingerprint density at radius 3 is 2.94 bits per heavy atom. The molecule has 0 saturated carbocycles. The lowest BCUT2D eigenvalue weighted by Crippen LogP contribution is -2.44. The molecule has 0 spiro atoms. The molecule has 3 aromatic rings. The molecule has 0 aliphatic carbocycles. The first-order valence-electron chi connectivity index (χ1n) is 11.0. The molecule has 1 saturated heterocycles. The van der Waals surface area contributed by atoms with Crippen LogP contribution in [0.5, 0.6) is 17.4 Å². The number of carbonyl (C=O) groups is 1. The van der Waals surface area contributed by atoms with Gasteiger partial charge in [-0.2, -0.15) is 9.37 Å². The van der Waals surface area contributed by atoms with E-state index < -0.39 is 18.0 Å². The third kappa shape index (κ3) is 4.80. The summed E-state index contributed by atoms with van der Waals surface area (Å²) in [6.45, 7) is 1.67. The number of aromatic nitrogens is 5. The van der Waals surface area contributed by atoms with E-state index in [1.807, 2.05) is 0 Å². The van der Waals surface area contributed by atoms with E-state index in [4.69, 9.17) is 18.9 Å². The predicted octanol–water partition coefficient (Wildman–Crippen LogP) is 0.821. The van der Waals surface area contributed by atoms with Crippen LogP contribution in [-0.4, -0.2) is 76.9 Å². The highest BCUT2D eigenvalue weighted by Gasteiger charge is 2.37. The fourth-order valence-corrected chi connectivity index (χ4v) is 4.02. The van der Waals surface area contributed by atoms with Gasteiger partial charge in [-0.1, -0.05) is 5.21 Å². The maximum atomic E-state index is 13.8. The van der Waals surface area contributed by atoms with Gasteiger partial charge in [0.15, 0.2) is 11.5 Å². The van der Waals surface area contributed by atoms with E-state index in [1.165, 1.54) is 14.2 Å². The molecule has 1 aromatic carbocycles. The minimum Gasteiger partial charge on any atom is -0.493 e. The Bertz CT molecular complexity index is 1220. The zero-order valence-electron chi connectivity index (χ0n) is 19.2. The number of hydrogen-bond donors (Lipinski definition) is 1. The molecular formula is C22H24FN7O5. The summed E-state index contributed by atoms with van der Waals surface area (Å²) in [5.41, 5.74) is 1.05. The van der Waals surface area contributed by atoms with Crippen LogP contribution in [0.15, 0.2) is 30.6 Å². The Balaban J connectivity index is 1.44. The largest absolute Gasteiger partial charge is 0.493 e. The van der Waals surface area contributed by atoms with Crippen LogP contribution in [0.3, 0.4) is 0 Å². The quantitative estimate of drug-likeness (QED) is 0.570. The lowest BCUT2D eigenvalue weighted by molar-refractivity contribution is 0.0347. The molecule has 4 heterocycles. The highest BCUT2D eigenvalue weighted by atomic mass is 19.1. The van der Waals surface area contributed by atoms with E-state index in [0.29, 0.717) is 49.0 Å². The average molecular weight is 485 g/mol. The second-order valence-electron chi connectivity index (χ2n) is 8.05. The monoisotopic (exact) mass is 485 g/mol. The molecule has 2 aromatic heterocycles. The van der Waals surface area contributed by atoms with Crippen molar-refractivity contribution in [1.82, 2.24) is 30.3 Å². The summed E-state index contributed by atoms with van der Waals surface area (Å²) < 4.78 is 37.8.